The highest BCUT2D eigenvalue weighted by molar-refractivity contribution is 14.0. The maximum atomic E-state index is 12.1. The van der Waals surface area contributed by atoms with Crippen molar-refractivity contribution in [3.05, 3.63) is 65.6 Å². The maximum Gasteiger partial charge on any atom is 0.251 e. The molecule has 9 heteroatoms. The van der Waals surface area contributed by atoms with Crippen LogP contribution in [0.4, 0.5) is 0 Å². The lowest BCUT2D eigenvalue weighted by Gasteiger charge is -2.11. The Morgan fingerprint density at radius 2 is 1.84 bits per heavy atom. The molecule has 0 atom stereocenters. The molecule has 1 amide bonds. The van der Waals surface area contributed by atoms with E-state index in [9.17, 15) is 4.79 Å². The number of unbranched alkanes of at least 4 members (excludes halogenated alkanes) is 1. The molecule has 0 radical (unpaired) electrons. The molecule has 0 bridgehead atoms. The number of benzene rings is 1. The Kier molecular flexibility index (Phi) is 10.2. The summed E-state index contributed by atoms with van der Waals surface area (Å²) >= 11 is 0. The molecule has 0 spiro atoms. The van der Waals surface area contributed by atoms with Gasteiger partial charge in [0, 0.05) is 24.8 Å². The number of pyridine rings is 1. The van der Waals surface area contributed by atoms with Gasteiger partial charge < -0.3 is 16.0 Å². The average molecular weight is 535 g/mol. The van der Waals surface area contributed by atoms with Crippen molar-refractivity contribution in [3.63, 3.8) is 0 Å². The first-order valence-corrected chi connectivity index (χ1v) is 10.4. The van der Waals surface area contributed by atoms with Gasteiger partial charge in [0.05, 0.1) is 13.1 Å². The third-order valence-corrected chi connectivity index (χ3v) is 4.59. The summed E-state index contributed by atoms with van der Waals surface area (Å²) in [6, 6.07) is 13.4. The van der Waals surface area contributed by atoms with Crippen molar-refractivity contribution in [3.8, 4) is 0 Å². The molecule has 2 heterocycles. The second-order valence-corrected chi connectivity index (χ2v) is 6.90. The van der Waals surface area contributed by atoms with Crippen molar-refractivity contribution < 1.29 is 4.79 Å². The minimum absolute atomic E-state index is 0. The number of aliphatic imine (C=N–C) groups is 1. The zero-order valence-electron chi connectivity index (χ0n) is 18.0. The van der Waals surface area contributed by atoms with Crippen LogP contribution in [0.5, 0.6) is 0 Å². The van der Waals surface area contributed by atoms with Crippen LogP contribution in [0, 0.1) is 0 Å². The summed E-state index contributed by atoms with van der Waals surface area (Å²) in [5, 5.41) is 17.9. The molecule has 8 nitrogen and oxygen atoms in total. The molecule has 0 saturated carbocycles. The highest BCUT2D eigenvalue weighted by Crippen LogP contribution is 2.06. The first-order valence-electron chi connectivity index (χ1n) is 10.4. The highest BCUT2D eigenvalue weighted by atomic mass is 127. The summed E-state index contributed by atoms with van der Waals surface area (Å²) in [5.41, 5.74) is 2.52. The Bertz CT molecular complexity index is 985. The topological polar surface area (TPSA) is 95.7 Å². The maximum absolute atomic E-state index is 12.1. The minimum atomic E-state index is -0.0333. The number of hydrogen-bond donors (Lipinski definition) is 3. The Hall–Kier alpha value is -2.69. The molecule has 3 rings (SSSR count). The van der Waals surface area contributed by atoms with Gasteiger partial charge in [0.15, 0.2) is 17.4 Å². The Balaban J connectivity index is 0.00000341. The summed E-state index contributed by atoms with van der Waals surface area (Å²) in [7, 11) is 0. The molecule has 166 valence electrons. The first-order chi connectivity index (χ1) is 14.7. The zero-order valence-corrected chi connectivity index (χ0v) is 20.3. The minimum Gasteiger partial charge on any atom is -0.357 e. The van der Waals surface area contributed by atoms with Crippen molar-refractivity contribution in [2.24, 2.45) is 4.99 Å². The van der Waals surface area contributed by atoms with E-state index < -0.39 is 0 Å². The predicted molar refractivity (Wildman–Crippen MR) is 134 cm³/mol. The van der Waals surface area contributed by atoms with Gasteiger partial charge in [-0.3, -0.25) is 9.20 Å². The molecular formula is C22H30IN7O. The number of nitrogens with one attached hydrogen (secondary N) is 3. The number of nitrogens with zero attached hydrogens (tertiary/aromatic N) is 4. The third kappa shape index (κ3) is 7.20. The fourth-order valence-corrected chi connectivity index (χ4v) is 2.93. The number of halogens is 1. The predicted octanol–water partition coefficient (Wildman–Crippen LogP) is 3.13. The van der Waals surface area contributed by atoms with Gasteiger partial charge in [0.25, 0.3) is 5.91 Å². The van der Waals surface area contributed by atoms with E-state index in [1.54, 1.807) is 0 Å². The number of aromatic nitrogens is 3. The van der Waals surface area contributed by atoms with Gasteiger partial charge in [-0.05, 0) is 43.2 Å². The fourth-order valence-electron chi connectivity index (χ4n) is 2.93. The number of carbonyl (C=O) groups is 1. The van der Waals surface area contributed by atoms with Gasteiger partial charge in [0.2, 0.25) is 0 Å². The Morgan fingerprint density at radius 3 is 2.58 bits per heavy atom. The molecule has 31 heavy (non-hydrogen) atoms. The van der Waals surface area contributed by atoms with Crippen molar-refractivity contribution in [1.82, 2.24) is 30.5 Å². The molecular weight excluding hydrogens is 505 g/mol. The number of guanidine groups is 1. The summed E-state index contributed by atoms with van der Waals surface area (Å²) in [4.78, 5) is 16.7. The smallest absolute Gasteiger partial charge is 0.251 e. The molecule has 2 aromatic heterocycles. The van der Waals surface area contributed by atoms with E-state index in [2.05, 4.69) is 38.1 Å². The van der Waals surface area contributed by atoms with Crippen molar-refractivity contribution in [2.45, 2.75) is 39.8 Å². The lowest BCUT2D eigenvalue weighted by molar-refractivity contribution is 0.0953. The Labute approximate surface area is 200 Å². The molecule has 0 aliphatic rings. The van der Waals surface area contributed by atoms with Gasteiger partial charge in [-0.1, -0.05) is 31.5 Å². The number of rotatable bonds is 9. The van der Waals surface area contributed by atoms with Crippen molar-refractivity contribution in [1.29, 1.82) is 0 Å². The van der Waals surface area contributed by atoms with Gasteiger partial charge >= 0.3 is 0 Å². The molecule has 3 N–H and O–H groups in total. The van der Waals surface area contributed by atoms with Crippen molar-refractivity contribution >= 4 is 41.5 Å². The van der Waals surface area contributed by atoms with Crippen LogP contribution >= 0.6 is 24.0 Å². The van der Waals surface area contributed by atoms with E-state index in [0.717, 1.165) is 36.4 Å². The van der Waals surface area contributed by atoms with Crippen molar-refractivity contribution in [2.75, 3.05) is 13.1 Å². The van der Waals surface area contributed by atoms with Crippen LogP contribution in [0.15, 0.2) is 53.7 Å². The van der Waals surface area contributed by atoms with E-state index in [-0.39, 0.29) is 29.9 Å². The van der Waals surface area contributed by atoms with Crippen LogP contribution in [0.3, 0.4) is 0 Å². The van der Waals surface area contributed by atoms with Gasteiger partial charge in [-0.2, -0.15) is 0 Å². The van der Waals surface area contributed by atoms with Crippen LogP contribution in [0.25, 0.3) is 5.65 Å². The molecule has 0 aliphatic carbocycles. The van der Waals surface area contributed by atoms with Crippen LogP contribution in [-0.4, -0.2) is 39.6 Å². The lowest BCUT2D eigenvalue weighted by atomic mass is 10.1. The fraction of sp³-hybridized carbons (Fsp3) is 0.364. The number of amides is 1. The van der Waals surface area contributed by atoms with Crippen LogP contribution in [0.1, 0.15) is 48.4 Å². The third-order valence-electron chi connectivity index (χ3n) is 4.59. The average Bonchev–Trinajstić information content (AvgIpc) is 3.19. The number of carbonyl (C=O) groups excluding carboxylic acids is 1. The van der Waals surface area contributed by atoms with E-state index in [1.165, 1.54) is 0 Å². The van der Waals surface area contributed by atoms with Crippen LogP contribution in [0.2, 0.25) is 0 Å². The van der Waals surface area contributed by atoms with Gasteiger partial charge in [0.1, 0.15) is 0 Å². The van der Waals surface area contributed by atoms with E-state index in [4.69, 9.17) is 0 Å². The SMILES string of the molecule is CCCCNC(=O)c1ccc(CN=C(NCC)NCc2nnc3ccccn23)cc1.I. The van der Waals surface area contributed by atoms with Gasteiger partial charge in [-0.25, -0.2) is 4.99 Å². The monoisotopic (exact) mass is 535 g/mol. The molecule has 0 fully saturated rings. The lowest BCUT2D eigenvalue weighted by Crippen LogP contribution is -2.37. The summed E-state index contributed by atoms with van der Waals surface area (Å²) in [6.07, 6.45) is 3.99. The normalized spacial score (nSPS) is 11.1. The Morgan fingerprint density at radius 1 is 1.03 bits per heavy atom. The van der Waals surface area contributed by atoms with E-state index in [1.807, 2.05) is 60.0 Å². The van der Waals surface area contributed by atoms with E-state index >= 15 is 0 Å². The molecule has 0 unspecified atom stereocenters. The summed E-state index contributed by atoms with van der Waals surface area (Å²) in [6.45, 7) is 6.60. The number of fused-ring (bicyclic) bond motifs is 1. The highest BCUT2D eigenvalue weighted by Gasteiger charge is 2.07. The quantitative estimate of drug-likeness (QED) is 0.169. The molecule has 0 saturated heterocycles. The standard InChI is InChI=1S/C22H29N7O.HI/c1-3-5-13-24-21(30)18-11-9-17(10-12-18)15-25-22(23-4-2)26-16-20-28-27-19-8-6-7-14-29(19)20;/h6-12,14H,3-5,13,15-16H2,1-2H3,(H,24,30)(H2,23,25,26);1H. The first kappa shape index (κ1) is 24.6. The molecule has 0 aliphatic heterocycles. The largest absolute Gasteiger partial charge is 0.357 e. The summed E-state index contributed by atoms with van der Waals surface area (Å²) < 4.78 is 1.95. The second kappa shape index (κ2) is 12.9. The second-order valence-electron chi connectivity index (χ2n) is 6.90. The van der Waals surface area contributed by atoms with Crippen LogP contribution < -0.4 is 16.0 Å². The van der Waals surface area contributed by atoms with Crippen LogP contribution in [-0.2, 0) is 13.1 Å². The van der Waals surface area contributed by atoms with E-state index in [0.29, 0.717) is 31.2 Å². The molecule has 1 aromatic carbocycles. The molecule has 3 aromatic rings. The summed E-state index contributed by atoms with van der Waals surface area (Å²) in [5.74, 6) is 1.48. The number of hydrogen-bond acceptors (Lipinski definition) is 4. The zero-order chi connectivity index (χ0) is 21.2. The van der Waals surface area contributed by atoms with Gasteiger partial charge in [-0.15, -0.1) is 34.2 Å².